The summed E-state index contributed by atoms with van der Waals surface area (Å²) in [7, 11) is 1.66. The number of nitrogens with zero attached hydrogens (tertiary/aromatic N) is 2. The van der Waals surface area contributed by atoms with Gasteiger partial charge in [-0.2, -0.15) is 0 Å². The third-order valence-electron chi connectivity index (χ3n) is 6.31. The van der Waals surface area contributed by atoms with Crippen LogP contribution < -0.4 is 19.9 Å². The number of cyclic esters (lactones) is 1. The summed E-state index contributed by atoms with van der Waals surface area (Å²) >= 11 is 0. The Bertz CT molecular complexity index is 1150. The standard InChI is InChI=1S/C24H24FN3O5/c1-27-22(30)10-14-2-4-20(25)19(23(14)27)11-26-7-6-18-12-28(24(31)33-18)16-3-5-21-15(8-16)9-17(29)13-32-21/h2-5,8,18,26H,6-7,9-13H2,1H3. The fraction of sp³-hybridized carbons (Fsp3) is 0.375. The highest BCUT2D eigenvalue weighted by Gasteiger charge is 2.33. The third-order valence-corrected chi connectivity index (χ3v) is 6.31. The van der Waals surface area contributed by atoms with Gasteiger partial charge in [0.2, 0.25) is 5.91 Å². The Morgan fingerprint density at radius 1 is 1.12 bits per heavy atom. The molecule has 9 heteroatoms. The van der Waals surface area contributed by atoms with E-state index in [1.165, 1.54) is 11.0 Å². The lowest BCUT2D eigenvalue weighted by Crippen LogP contribution is -2.27. The number of halogens is 1. The normalized spacial score (nSPS) is 19.5. The van der Waals surface area contributed by atoms with Crippen molar-refractivity contribution in [3.05, 3.63) is 52.8 Å². The molecule has 172 valence electrons. The van der Waals surface area contributed by atoms with Gasteiger partial charge in [0.15, 0.2) is 5.78 Å². The number of hydrogen-bond donors (Lipinski definition) is 1. The minimum atomic E-state index is -0.435. The van der Waals surface area contributed by atoms with Crippen LogP contribution in [0.3, 0.4) is 0 Å². The summed E-state index contributed by atoms with van der Waals surface area (Å²) in [6.45, 7) is 1.25. The molecule has 2 aromatic rings. The molecule has 0 spiro atoms. The van der Waals surface area contributed by atoms with E-state index in [-0.39, 0.29) is 43.2 Å². The second-order valence-corrected chi connectivity index (χ2v) is 8.54. The maximum Gasteiger partial charge on any atom is 0.414 e. The van der Waals surface area contributed by atoms with Crippen LogP contribution in [0.2, 0.25) is 0 Å². The number of benzene rings is 2. The number of carbonyl (C=O) groups is 3. The van der Waals surface area contributed by atoms with Gasteiger partial charge in [-0.05, 0) is 42.8 Å². The number of rotatable bonds is 6. The van der Waals surface area contributed by atoms with Gasteiger partial charge in [0.25, 0.3) is 0 Å². The van der Waals surface area contributed by atoms with Crippen molar-refractivity contribution < 1.29 is 28.2 Å². The van der Waals surface area contributed by atoms with Gasteiger partial charge in [-0.15, -0.1) is 0 Å². The molecular weight excluding hydrogens is 429 g/mol. The lowest BCUT2D eigenvalue weighted by molar-refractivity contribution is -0.121. The smallest absolute Gasteiger partial charge is 0.414 e. The molecule has 2 amide bonds. The average Bonchev–Trinajstić information content (AvgIpc) is 3.31. The molecule has 5 rings (SSSR count). The van der Waals surface area contributed by atoms with Gasteiger partial charge >= 0.3 is 6.09 Å². The van der Waals surface area contributed by atoms with Gasteiger partial charge in [-0.25, -0.2) is 9.18 Å². The number of nitrogens with one attached hydrogen (secondary N) is 1. The zero-order valence-corrected chi connectivity index (χ0v) is 18.2. The molecule has 33 heavy (non-hydrogen) atoms. The number of hydrogen-bond acceptors (Lipinski definition) is 6. The average molecular weight is 453 g/mol. The predicted molar refractivity (Wildman–Crippen MR) is 118 cm³/mol. The zero-order chi connectivity index (χ0) is 23.1. The van der Waals surface area contributed by atoms with E-state index >= 15 is 0 Å². The highest BCUT2D eigenvalue weighted by Crippen LogP contribution is 2.33. The molecule has 0 radical (unpaired) electrons. The molecule has 3 aliphatic rings. The summed E-state index contributed by atoms with van der Waals surface area (Å²) in [5.41, 5.74) is 3.38. The third kappa shape index (κ3) is 4.04. The van der Waals surface area contributed by atoms with Crippen molar-refractivity contribution in [2.24, 2.45) is 0 Å². The molecule has 0 aromatic heterocycles. The number of anilines is 2. The van der Waals surface area contributed by atoms with Crippen LogP contribution >= 0.6 is 0 Å². The second kappa shape index (κ2) is 8.47. The number of likely N-dealkylation sites (N-methyl/N-ethyl adjacent to an activating group) is 1. The molecule has 1 unspecified atom stereocenters. The number of fused-ring (bicyclic) bond motifs is 2. The molecular formula is C24H24FN3O5. The Kier molecular flexibility index (Phi) is 5.49. The minimum Gasteiger partial charge on any atom is -0.486 e. The summed E-state index contributed by atoms with van der Waals surface area (Å²) in [6, 6.07) is 8.41. The fourth-order valence-corrected chi connectivity index (χ4v) is 4.59. The van der Waals surface area contributed by atoms with Crippen LogP contribution in [0, 0.1) is 5.82 Å². The highest BCUT2D eigenvalue weighted by molar-refractivity contribution is 6.01. The molecule has 0 bridgehead atoms. The van der Waals surface area contributed by atoms with Crippen molar-refractivity contribution >= 4 is 29.2 Å². The van der Waals surface area contributed by atoms with E-state index in [2.05, 4.69) is 5.32 Å². The van der Waals surface area contributed by atoms with Crippen LogP contribution in [0.15, 0.2) is 30.3 Å². The molecule has 1 atom stereocenters. The Balaban J connectivity index is 1.18. The first kappa shape index (κ1) is 21.4. The van der Waals surface area contributed by atoms with E-state index in [0.29, 0.717) is 48.6 Å². The Hall–Kier alpha value is -3.46. The van der Waals surface area contributed by atoms with Crippen molar-refractivity contribution in [2.45, 2.75) is 31.9 Å². The van der Waals surface area contributed by atoms with Crippen molar-refractivity contribution in [2.75, 3.05) is 36.5 Å². The van der Waals surface area contributed by atoms with Crippen molar-refractivity contribution in [1.29, 1.82) is 0 Å². The van der Waals surface area contributed by atoms with E-state index in [1.54, 1.807) is 36.2 Å². The van der Waals surface area contributed by atoms with Crippen LogP contribution in [0.4, 0.5) is 20.6 Å². The van der Waals surface area contributed by atoms with Gasteiger partial charge in [0.1, 0.15) is 24.3 Å². The van der Waals surface area contributed by atoms with Crippen LogP contribution in [0.5, 0.6) is 5.75 Å². The number of amides is 2. The summed E-state index contributed by atoms with van der Waals surface area (Å²) < 4.78 is 25.3. The van der Waals surface area contributed by atoms with Gasteiger partial charge in [0, 0.05) is 36.8 Å². The molecule has 1 fully saturated rings. The van der Waals surface area contributed by atoms with Gasteiger partial charge in [-0.1, -0.05) is 6.07 Å². The van der Waals surface area contributed by atoms with Crippen LogP contribution in [-0.4, -0.2) is 50.6 Å². The minimum absolute atomic E-state index is 0.00338. The van der Waals surface area contributed by atoms with Gasteiger partial charge < -0.3 is 19.7 Å². The lowest BCUT2D eigenvalue weighted by Gasteiger charge is -2.20. The van der Waals surface area contributed by atoms with Crippen molar-refractivity contribution in [3.63, 3.8) is 0 Å². The number of carbonyl (C=O) groups excluding carboxylic acids is 3. The maximum atomic E-state index is 14.4. The molecule has 1 N–H and O–H groups in total. The van der Waals surface area contributed by atoms with E-state index in [4.69, 9.17) is 9.47 Å². The Morgan fingerprint density at radius 3 is 2.82 bits per heavy atom. The molecule has 3 aliphatic heterocycles. The SMILES string of the molecule is CN1C(=O)Cc2ccc(F)c(CNCCC3CN(c4ccc5c(c4)CC(=O)CO5)C(=O)O3)c21. The zero-order valence-electron chi connectivity index (χ0n) is 18.2. The number of ether oxygens (including phenoxy) is 2. The van der Waals surface area contributed by atoms with E-state index in [1.807, 2.05) is 0 Å². The number of ketones is 1. The first-order valence-corrected chi connectivity index (χ1v) is 10.9. The van der Waals surface area contributed by atoms with E-state index < -0.39 is 6.09 Å². The molecule has 0 saturated carbocycles. The maximum absolute atomic E-state index is 14.4. The van der Waals surface area contributed by atoms with Crippen LogP contribution in [0.1, 0.15) is 23.1 Å². The van der Waals surface area contributed by atoms with Gasteiger partial charge in [0.05, 0.1) is 18.7 Å². The summed E-state index contributed by atoms with van der Waals surface area (Å²) in [5, 5.41) is 3.21. The summed E-state index contributed by atoms with van der Waals surface area (Å²) in [6.07, 6.45) is 0.389. The number of Topliss-reactive ketones (excluding diaryl/α,β-unsaturated/α-hetero) is 1. The largest absolute Gasteiger partial charge is 0.486 e. The lowest BCUT2D eigenvalue weighted by atomic mass is 10.0. The first-order chi connectivity index (χ1) is 15.9. The van der Waals surface area contributed by atoms with E-state index in [0.717, 1.165) is 11.1 Å². The van der Waals surface area contributed by atoms with Gasteiger partial charge in [-0.3, -0.25) is 14.5 Å². The van der Waals surface area contributed by atoms with Crippen molar-refractivity contribution in [1.82, 2.24) is 5.32 Å². The Labute approximate surface area is 190 Å². The summed E-state index contributed by atoms with van der Waals surface area (Å²) in [5.74, 6) is 0.270. The summed E-state index contributed by atoms with van der Waals surface area (Å²) in [4.78, 5) is 39.1. The molecule has 2 aromatic carbocycles. The topological polar surface area (TPSA) is 88.2 Å². The quantitative estimate of drug-likeness (QED) is 0.676. The molecule has 3 heterocycles. The second-order valence-electron chi connectivity index (χ2n) is 8.54. The van der Waals surface area contributed by atoms with Crippen molar-refractivity contribution in [3.8, 4) is 5.75 Å². The Morgan fingerprint density at radius 2 is 1.97 bits per heavy atom. The van der Waals surface area contributed by atoms with Crippen LogP contribution in [0.25, 0.3) is 0 Å². The fourth-order valence-electron chi connectivity index (χ4n) is 4.59. The highest BCUT2D eigenvalue weighted by atomic mass is 19.1. The first-order valence-electron chi connectivity index (χ1n) is 10.9. The molecule has 0 aliphatic carbocycles. The van der Waals surface area contributed by atoms with Crippen LogP contribution in [-0.2, 0) is 33.7 Å². The molecule has 8 nitrogen and oxygen atoms in total. The monoisotopic (exact) mass is 453 g/mol. The predicted octanol–water partition coefficient (Wildman–Crippen LogP) is 2.35. The van der Waals surface area contributed by atoms with E-state index in [9.17, 15) is 18.8 Å². The molecule has 1 saturated heterocycles.